The molecule has 156 valence electrons. The van der Waals surface area contributed by atoms with Crippen molar-refractivity contribution in [2.75, 3.05) is 11.5 Å². The van der Waals surface area contributed by atoms with Crippen molar-refractivity contribution in [3.8, 4) is 11.5 Å². The maximum atomic E-state index is 13.0. The average Bonchev–Trinajstić information content (AvgIpc) is 3.33. The molecule has 1 amide bonds. The van der Waals surface area contributed by atoms with Crippen molar-refractivity contribution in [3.05, 3.63) is 59.3 Å². The van der Waals surface area contributed by atoms with E-state index in [1.54, 1.807) is 6.08 Å². The number of hydrogen-bond acceptors (Lipinski definition) is 4. The summed E-state index contributed by atoms with van der Waals surface area (Å²) in [6.45, 7) is 4.46. The van der Waals surface area contributed by atoms with Gasteiger partial charge < -0.3 is 14.8 Å². The Balaban J connectivity index is 1.59. The minimum absolute atomic E-state index is 0.168. The van der Waals surface area contributed by atoms with Crippen molar-refractivity contribution in [1.29, 1.82) is 0 Å². The summed E-state index contributed by atoms with van der Waals surface area (Å²) < 4.78 is 12.0. The van der Waals surface area contributed by atoms with Crippen molar-refractivity contribution < 1.29 is 14.3 Å². The van der Waals surface area contributed by atoms with E-state index in [0.29, 0.717) is 23.2 Å². The van der Waals surface area contributed by atoms with E-state index in [-0.39, 0.29) is 12.0 Å². The van der Waals surface area contributed by atoms with Gasteiger partial charge in [0, 0.05) is 0 Å². The number of hydrogen-bond donors (Lipinski definition) is 1. The Labute approximate surface area is 182 Å². The zero-order chi connectivity index (χ0) is 21.1. The number of aryl methyl sites for hydroxylation is 1. The number of carbonyl (C=O) groups is 1. The third-order valence-corrected chi connectivity index (χ3v) is 5.69. The first-order valence-corrected chi connectivity index (χ1v) is 10.8. The molecule has 0 spiro atoms. The molecule has 0 aromatic heterocycles. The lowest BCUT2D eigenvalue weighted by molar-refractivity contribution is -0.113. The predicted molar refractivity (Wildman–Crippen MR) is 123 cm³/mol. The lowest BCUT2D eigenvalue weighted by Crippen LogP contribution is -2.30. The van der Waals surface area contributed by atoms with Crippen molar-refractivity contribution in [3.63, 3.8) is 0 Å². The van der Waals surface area contributed by atoms with E-state index in [2.05, 4.69) is 5.32 Å². The maximum Gasteiger partial charge on any atom is 0.281 e. The van der Waals surface area contributed by atoms with Gasteiger partial charge in [0.2, 0.25) is 0 Å². The van der Waals surface area contributed by atoms with Gasteiger partial charge in [-0.2, -0.15) is 0 Å². The molecule has 6 heteroatoms. The molecule has 1 saturated carbocycles. The second-order valence-electron chi connectivity index (χ2n) is 7.58. The van der Waals surface area contributed by atoms with Crippen LogP contribution in [0.15, 0.2) is 48.2 Å². The molecule has 0 unspecified atom stereocenters. The Morgan fingerprint density at radius 3 is 2.67 bits per heavy atom. The first-order chi connectivity index (χ1) is 14.6. The summed E-state index contributed by atoms with van der Waals surface area (Å²) in [7, 11) is 0. The summed E-state index contributed by atoms with van der Waals surface area (Å²) in [5.41, 5.74) is 3.07. The highest BCUT2D eigenvalue weighted by Gasteiger charge is 2.32. The van der Waals surface area contributed by atoms with Crippen LogP contribution in [0.2, 0.25) is 0 Å². The van der Waals surface area contributed by atoms with E-state index in [1.807, 2.05) is 56.3 Å². The molecular formula is C24H26N2O3S. The number of benzene rings is 2. The first-order valence-electron chi connectivity index (χ1n) is 10.4. The SMILES string of the molecule is CCOc1cc(/C=C2/NC(=S)N(c3ccccc3C)C2=O)ccc1OC1CCCC1. The lowest BCUT2D eigenvalue weighted by atomic mass is 10.1. The fraction of sp³-hybridized carbons (Fsp3) is 0.333. The van der Waals surface area contributed by atoms with E-state index in [4.69, 9.17) is 21.7 Å². The van der Waals surface area contributed by atoms with Crippen LogP contribution in [0.4, 0.5) is 5.69 Å². The van der Waals surface area contributed by atoms with Crippen LogP contribution in [0.1, 0.15) is 43.7 Å². The van der Waals surface area contributed by atoms with Gasteiger partial charge in [-0.3, -0.25) is 9.69 Å². The maximum absolute atomic E-state index is 13.0. The summed E-state index contributed by atoms with van der Waals surface area (Å²) in [5, 5.41) is 3.43. The molecule has 0 atom stereocenters. The van der Waals surface area contributed by atoms with Crippen LogP contribution >= 0.6 is 12.2 Å². The largest absolute Gasteiger partial charge is 0.490 e. The van der Waals surface area contributed by atoms with Crippen LogP contribution in [0, 0.1) is 6.92 Å². The Morgan fingerprint density at radius 1 is 1.17 bits per heavy atom. The number of carbonyl (C=O) groups excluding carboxylic acids is 1. The van der Waals surface area contributed by atoms with Gasteiger partial charge in [-0.05, 0) is 87.2 Å². The van der Waals surface area contributed by atoms with Gasteiger partial charge in [-0.15, -0.1) is 0 Å². The first kappa shape index (κ1) is 20.4. The van der Waals surface area contributed by atoms with E-state index < -0.39 is 0 Å². The smallest absolute Gasteiger partial charge is 0.281 e. The molecule has 1 saturated heterocycles. The van der Waals surface area contributed by atoms with Crippen molar-refractivity contribution in [2.45, 2.75) is 45.6 Å². The predicted octanol–water partition coefficient (Wildman–Crippen LogP) is 4.98. The lowest BCUT2D eigenvalue weighted by Gasteiger charge is -2.17. The second-order valence-corrected chi connectivity index (χ2v) is 7.97. The Hall–Kier alpha value is -2.86. The number of nitrogens with one attached hydrogen (secondary N) is 1. The minimum atomic E-state index is -0.168. The van der Waals surface area contributed by atoms with Gasteiger partial charge in [0.1, 0.15) is 5.70 Å². The number of anilines is 1. The number of ether oxygens (including phenoxy) is 2. The van der Waals surface area contributed by atoms with E-state index >= 15 is 0 Å². The topological polar surface area (TPSA) is 50.8 Å². The molecule has 2 aromatic rings. The summed E-state index contributed by atoms with van der Waals surface area (Å²) in [6, 6.07) is 13.5. The summed E-state index contributed by atoms with van der Waals surface area (Å²) >= 11 is 5.43. The third-order valence-electron chi connectivity index (χ3n) is 5.41. The van der Waals surface area contributed by atoms with Crippen LogP contribution in [0.25, 0.3) is 6.08 Å². The standard InChI is InChI=1S/C24H26N2O3S/c1-3-28-22-15-17(12-13-21(22)29-18-9-5-6-10-18)14-19-23(27)26(24(30)25-19)20-11-7-4-8-16(20)2/h4,7-8,11-15,18H,3,5-6,9-10H2,1-2H3,(H,25,30)/b19-14+. The van der Waals surface area contributed by atoms with Gasteiger partial charge in [-0.25, -0.2) is 0 Å². The Kier molecular flexibility index (Phi) is 6.04. The van der Waals surface area contributed by atoms with E-state index in [9.17, 15) is 4.79 Å². The molecule has 2 fully saturated rings. The number of nitrogens with zero attached hydrogens (tertiary/aromatic N) is 1. The Bertz CT molecular complexity index is 996. The molecule has 30 heavy (non-hydrogen) atoms. The fourth-order valence-electron chi connectivity index (χ4n) is 3.90. The third kappa shape index (κ3) is 4.19. The molecule has 5 nitrogen and oxygen atoms in total. The van der Waals surface area contributed by atoms with Gasteiger partial charge in [0.25, 0.3) is 5.91 Å². The zero-order valence-corrected chi connectivity index (χ0v) is 18.1. The molecule has 1 aliphatic heterocycles. The monoisotopic (exact) mass is 422 g/mol. The fourth-order valence-corrected chi connectivity index (χ4v) is 4.19. The molecule has 2 aliphatic rings. The number of rotatable bonds is 6. The van der Waals surface area contributed by atoms with Gasteiger partial charge in [-0.1, -0.05) is 24.3 Å². The normalized spacial score (nSPS) is 18.2. The molecule has 0 bridgehead atoms. The van der Waals surface area contributed by atoms with Crippen LogP contribution in [0.3, 0.4) is 0 Å². The molecule has 0 radical (unpaired) electrons. The molecule has 1 N–H and O–H groups in total. The second kappa shape index (κ2) is 8.88. The van der Waals surface area contributed by atoms with Gasteiger partial charge in [0.05, 0.1) is 18.4 Å². The van der Waals surface area contributed by atoms with Crippen LogP contribution in [-0.2, 0) is 4.79 Å². The van der Waals surface area contributed by atoms with Crippen molar-refractivity contribution in [2.24, 2.45) is 0 Å². The van der Waals surface area contributed by atoms with Crippen molar-refractivity contribution >= 4 is 35.0 Å². The number of para-hydroxylation sites is 1. The van der Waals surface area contributed by atoms with Crippen LogP contribution in [0.5, 0.6) is 11.5 Å². The molecule has 4 rings (SSSR count). The molecule has 1 aliphatic carbocycles. The highest BCUT2D eigenvalue weighted by atomic mass is 32.1. The summed E-state index contributed by atoms with van der Waals surface area (Å²) in [4.78, 5) is 14.6. The summed E-state index contributed by atoms with van der Waals surface area (Å²) in [6.07, 6.45) is 6.65. The summed E-state index contributed by atoms with van der Waals surface area (Å²) in [5.74, 6) is 1.29. The number of amides is 1. The van der Waals surface area contributed by atoms with Crippen molar-refractivity contribution in [1.82, 2.24) is 5.32 Å². The zero-order valence-electron chi connectivity index (χ0n) is 17.3. The van der Waals surface area contributed by atoms with Gasteiger partial charge in [0.15, 0.2) is 16.6 Å². The van der Waals surface area contributed by atoms with E-state index in [0.717, 1.165) is 35.4 Å². The highest BCUT2D eigenvalue weighted by Crippen LogP contribution is 2.33. The van der Waals surface area contributed by atoms with Crippen LogP contribution < -0.4 is 19.7 Å². The molecule has 1 heterocycles. The van der Waals surface area contributed by atoms with E-state index in [1.165, 1.54) is 17.7 Å². The Morgan fingerprint density at radius 2 is 1.93 bits per heavy atom. The number of thiocarbonyl (C=S) groups is 1. The molecule has 2 aromatic carbocycles. The molecular weight excluding hydrogens is 396 g/mol. The average molecular weight is 423 g/mol. The minimum Gasteiger partial charge on any atom is -0.490 e. The van der Waals surface area contributed by atoms with Crippen LogP contribution in [-0.4, -0.2) is 23.7 Å². The highest BCUT2D eigenvalue weighted by molar-refractivity contribution is 7.80. The quantitative estimate of drug-likeness (QED) is 0.526. The van der Waals surface area contributed by atoms with Gasteiger partial charge >= 0.3 is 0 Å².